The molecule has 1 aromatic carbocycles. The van der Waals surface area contributed by atoms with Gasteiger partial charge in [0.2, 0.25) is 0 Å². The summed E-state index contributed by atoms with van der Waals surface area (Å²) in [6.45, 7) is 5.15. The van der Waals surface area contributed by atoms with E-state index in [1.54, 1.807) is 32.9 Å². The summed E-state index contributed by atoms with van der Waals surface area (Å²) in [5, 5.41) is 10.8. The first-order chi connectivity index (χ1) is 7.84. The molecular formula is C13H14Cl2O2. The molecule has 0 fully saturated rings. The maximum absolute atomic E-state index is 11.7. The molecule has 0 atom stereocenters. The fourth-order valence-corrected chi connectivity index (χ4v) is 1.93. The molecule has 1 N–H and O–H groups in total. The summed E-state index contributed by atoms with van der Waals surface area (Å²) in [5.74, 6) is -0.359. The van der Waals surface area contributed by atoms with Gasteiger partial charge in [0.1, 0.15) is 5.76 Å². The molecule has 0 aliphatic rings. The van der Waals surface area contributed by atoms with Gasteiger partial charge in [-0.05, 0) is 25.1 Å². The van der Waals surface area contributed by atoms with Gasteiger partial charge in [-0.3, -0.25) is 4.79 Å². The Balaban J connectivity index is 3.23. The lowest BCUT2D eigenvalue weighted by Gasteiger charge is -2.09. The third-order valence-corrected chi connectivity index (χ3v) is 2.98. The molecule has 0 saturated heterocycles. The van der Waals surface area contributed by atoms with Gasteiger partial charge < -0.3 is 5.11 Å². The fraction of sp³-hybridized carbons (Fsp3) is 0.308. The number of rotatable bonds is 3. The Morgan fingerprint density at radius 1 is 1.29 bits per heavy atom. The van der Waals surface area contributed by atoms with E-state index in [4.69, 9.17) is 23.2 Å². The molecule has 2 nitrogen and oxygen atoms in total. The highest BCUT2D eigenvalue weighted by molar-refractivity contribution is 6.35. The number of benzene rings is 1. The van der Waals surface area contributed by atoms with Gasteiger partial charge in [0.25, 0.3) is 0 Å². The molecule has 0 aliphatic heterocycles. The molecule has 0 radical (unpaired) electrons. The van der Waals surface area contributed by atoms with Crippen molar-refractivity contribution in [2.45, 2.75) is 20.8 Å². The highest BCUT2D eigenvalue weighted by Gasteiger charge is 2.16. The smallest absolute Gasteiger partial charge is 0.164 e. The SMILES string of the molecule is CC(C(=O)C(C)C)=C(O)c1ccc(Cl)cc1Cl. The Labute approximate surface area is 111 Å². The predicted molar refractivity (Wildman–Crippen MR) is 71.5 cm³/mol. The number of allylic oxidation sites excluding steroid dienone is 1. The molecule has 0 aliphatic carbocycles. The highest BCUT2D eigenvalue weighted by atomic mass is 35.5. The lowest BCUT2D eigenvalue weighted by molar-refractivity contribution is -0.118. The van der Waals surface area contributed by atoms with Crippen molar-refractivity contribution in [3.05, 3.63) is 39.4 Å². The zero-order valence-corrected chi connectivity index (χ0v) is 11.4. The standard InChI is InChI=1S/C13H14Cl2O2/c1-7(2)12(16)8(3)13(17)10-5-4-9(14)6-11(10)15/h4-7,17H,1-3H3. The summed E-state index contributed by atoms with van der Waals surface area (Å²) in [5.41, 5.74) is 0.729. The number of ketones is 1. The molecule has 1 aromatic rings. The van der Waals surface area contributed by atoms with Crippen LogP contribution in [0.4, 0.5) is 0 Å². The zero-order chi connectivity index (χ0) is 13.2. The topological polar surface area (TPSA) is 37.3 Å². The average Bonchev–Trinajstić information content (AvgIpc) is 2.26. The minimum Gasteiger partial charge on any atom is -0.507 e. The quantitative estimate of drug-likeness (QED) is 0.650. The van der Waals surface area contributed by atoms with E-state index < -0.39 is 0 Å². The normalized spacial score (nSPS) is 12.6. The second-order valence-electron chi connectivity index (χ2n) is 4.12. The number of halogens is 2. The van der Waals surface area contributed by atoms with Gasteiger partial charge in [-0.2, -0.15) is 0 Å². The third kappa shape index (κ3) is 3.24. The predicted octanol–water partition coefficient (Wildman–Crippen LogP) is 4.51. The van der Waals surface area contributed by atoms with E-state index in [1.807, 2.05) is 0 Å². The van der Waals surface area contributed by atoms with Crippen LogP contribution in [0.5, 0.6) is 0 Å². The van der Waals surface area contributed by atoms with Crippen LogP contribution in [0.15, 0.2) is 23.8 Å². The minimum absolute atomic E-state index is 0.0923. The lowest BCUT2D eigenvalue weighted by atomic mass is 9.99. The summed E-state index contributed by atoms with van der Waals surface area (Å²) in [6.07, 6.45) is 0. The van der Waals surface area contributed by atoms with Crippen molar-refractivity contribution in [1.29, 1.82) is 0 Å². The second-order valence-corrected chi connectivity index (χ2v) is 4.96. The van der Waals surface area contributed by atoms with Crippen LogP contribution in [-0.2, 0) is 4.79 Å². The van der Waals surface area contributed by atoms with Crippen molar-refractivity contribution in [3.8, 4) is 0 Å². The maximum atomic E-state index is 11.7. The number of aliphatic hydroxyl groups excluding tert-OH is 1. The van der Waals surface area contributed by atoms with Crippen molar-refractivity contribution in [2.24, 2.45) is 5.92 Å². The Morgan fingerprint density at radius 2 is 1.88 bits per heavy atom. The number of aliphatic hydroxyl groups is 1. The van der Waals surface area contributed by atoms with Crippen molar-refractivity contribution < 1.29 is 9.90 Å². The summed E-state index contributed by atoms with van der Waals surface area (Å²) >= 11 is 11.7. The van der Waals surface area contributed by atoms with Crippen molar-refractivity contribution in [1.82, 2.24) is 0 Å². The molecule has 0 spiro atoms. The third-order valence-electron chi connectivity index (χ3n) is 2.44. The molecule has 0 aromatic heterocycles. The molecule has 0 amide bonds. The van der Waals surface area contributed by atoms with Crippen LogP contribution in [0, 0.1) is 5.92 Å². The molecule has 1 rings (SSSR count). The fourth-order valence-electron chi connectivity index (χ4n) is 1.43. The van der Waals surface area contributed by atoms with Gasteiger partial charge in [-0.15, -0.1) is 0 Å². The molecule has 0 bridgehead atoms. The summed E-state index contributed by atoms with van der Waals surface area (Å²) in [4.78, 5) is 11.7. The van der Waals surface area contributed by atoms with Crippen LogP contribution < -0.4 is 0 Å². The van der Waals surface area contributed by atoms with Gasteiger partial charge in [0, 0.05) is 22.1 Å². The van der Waals surface area contributed by atoms with Crippen molar-refractivity contribution >= 4 is 34.7 Å². The number of carbonyl (C=O) groups excluding carboxylic acids is 1. The Kier molecular flexibility index (Phi) is 4.61. The van der Waals surface area contributed by atoms with Gasteiger partial charge >= 0.3 is 0 Å². The van der Waals surface area contributed by atoms with E-state index in [0.717, 1.165) is 0 Å². The number of hydrogen-bond acceptors (Lipinski definition) is 2. The van der Waals surface area contributed by atoms with Crippen LogP contribution in [0.25, 0.3) is 5.76 Å². The molecule has 4 heteroatoms. The van der Waals surface area contributed by atoms with Crippen LogP contribution in [0.3, 0.4) is 0 Å². The van der Waals surface area contributed by atoms with Gasteiger partial charge in [-0.25, -0.2) is 0 Å². The van der Waals surface area contributed by atoms with Crippen LogP contribution in [0.2, 0.25) is 10.0 Å². The van der Waals surface area contributed by atoms with E-state index in [9.17, 15) is 9.90 Å². The van der Waals surface area contributed by atoms with E-state index in [1.165, 1.54) is 6.07 Å². The molecule has 0 unspecified atom stereocenters. The minimum atomic E-state index is -0.164. The Bertz CT molecular complexity index is 476. The highest BCUT2D eigenvalue weighted by Crippen LogP contribution is 2.28. The molecule has 17 heavy (non-hydrogen) atoms. The molecule has 0 heterocycles. The largest absolute Gasteiger partial charge is 0.507 e. The first-order valence-corrected chi connectivity index (χ1v) is 5.99. The van der Waals surface area contributed by atoms with E-state index in [0.29, 0.717) is 21.2 Å². The van der Waals surface area contributed by atoms with Gasteiger partial charge in [0.05, 0.1) is 5.02 Å². The average molecular weight is 273 g/mol. The number of Topliss-reactive ketones (excluding diaryl/α,β-unsaturated/α-hetero) is 1. The van der Waals surface area contributed by atoms with Crippen molar-refractivity contribution in [2.75, 3.05) is 0 Å². The van der Waals surface area contributed by atoms with E-state index >= 15 is 0 Å². The van der Waals surface area contributed by atoms with E-state index in [-0.39, 0.29) is 17.5 Å². The van der Waals surface area contributed by atoms with Gasteiger partial charge in [-0.1, -0.05) is 37.0 Å². The Hall–Kier alpha value is -0.990. The van der Waals surface area contributed by atoms with Crippen molar-refractivity contribution in [3.63, 3.8) is 0 Å². The lowest BCUT2D eigenvalue weighted by Crippen LogP contribution is -2.10. The van der Waals surface area contributed by atoms with E-state index in [2.05, 4.69) is 0 Å². The molecule has 0 saturated carbocycles. The van der Waals surface area contributed by atoms with Gasteiger partial charge in [0.15, 0.2) is 5.78 Å². The molecular weight excluding hydrogens is 259 g/mol. The zero-order valence-electron chi connectivity index (χ0n) is 9.92. The van der Waals surface area contributed by atoms with Crippen LogP contribution in [-0.4, -0.2) is 10.9 Å². The molecule has 92 valence electrons. The summed E-state index contributed by atoms with van der Waals surface area (Å²) < 4.78 is 0. The first kappa shape index (κ1) is 14.1. The first-order valence-electron chi connectivity index (χ1n) is 5.24. The van der Waals surface area contributed by atoms with Crippen LogP contribution >= 0.6 is 23.2 Å². The summed E-state index contributed by atoms with van der Waals surface area (Å²) in [7, 11) is 0. The number of hydrogen-bond donors (Lipinski definition) is 1. The second kappa shape index (κ2) is 5.56. The Morgan fingerprint density at radius 3 is 2.35 bits per heavy atom. The summed E-state index contributed by atoms with van der Waals surface area (Å²) in [6, 6.07) is 4.74. The maximum Gasteiger partial charge on any atom is 0.164 e. The van der Waals surface area contributed by atoms with Crippen LogP contribution in [0.1, 0.15) is 26.3 Å². The monoisotopic (exact) mass is 272 g/mol. The number of carbonyl (C=O) groups is 1.